The molecule has 0 radical (unpaired) electrons. The lowest BCUT2D eigenvalue weighted by Gasteiger charge is -2.35. The molecule has 2 rings (SSSR count). The topological polar surface area (TPSA) is 108 Å². The molecule has 8 nitrogen and oxygen atoms in total. The predicted molar refractivity (Wildman–Crippen MR) is 118 cm³/mol. The van der Waals surface area contributed by atoms with Crippen LogP contribution in [0.15, 0.2) is 34.5 Å². The Morgan fingerprint density at radius 3 is 2.32 bits per heavy atom. The highest BCUT2D eigenvalue weighted by molar-refractivity contribution is 7.94. The third-order valence-corrected chi connectivity index (χ3v) is 8.81. The smallest absolute Gasteiger partial charge is 0.323 e. The minimum Gasteiger partial charge on any atom is -0.323 e. The predicted octanol–water partition coefficient (Wildman–Crippen LogP) is 4.08. The second-order valence-electron chi connectivity index (χ2n) is 7.06. The largest absolute Gasteiger partial charge is 0.347 e. The van der Waals surface area contributed by atoms with E-state index >= 15 is 0 Å². The van der Waals surface area contributed by atoms with Gasteiger partial charge in [-0.25, -0.2) is 4.39 Å². The first kappa shape index (κ1) is 25.5. The van der Waals surface area contributed by atoms with Gasteiger partial charge in [-0.05, 0) is 45.0 Å². The van der Waals surface area contributed by atoms with Crippen LogP contribution < -0.4 is 4.47 Å². The van der Waals surface area contributed by atoms with Gasteiger partial charge in [0, 0.05) is 12.7 Å². The summed E-state index contributed by atoms with van der Waals surface area (Å²) in [7, 11) is -8.76. The number of rotatable bonds is 10. The third kappa shape index (κ3) is 5.92. The summed E-state index contributed by atoms with van der Waals surface area (Å²) >= 11 is 1.03. The van der Waals surface area contributed by atoms with Gasteiger partial charge < -0.3 is 9.38 Å². The fourth-order valence-electron chi connectivity index (χ4n) is 3.08. The first-order chi connectivity index (χ1) is 14.4. The van der Waals surface area contributed by atoms with Gasteiger partial charge in [0.25, 0.3) is 10.0 Å². The third-order valence-electron chi connectivity index (χ3n) is 5.12. The zero-order valence-electron chi connectivity index (χ0n) is 17.8. The molecule has 0 aliphatic carbocycles. The molecule has 12 heteroatoms. The summed E-state index contributed by atoms with van der Waals surface area (Å²) in [6.45, 7) is 10.4. The molecule has 31 heavy (non-hydrogen) atoms. The highest BCUT2D eigenvalue weighted by atomic mass is 32.2. The first-order valence-electron chi connectivity index (χ1n) is 9.60. The van der Waals surface area contributed by atoms with Gasteiger partial charge in [0.1, 0.15) is 22.6 Å². The molecule has 0 saturated heterocycles. The van der Waals surface area contributed by atoms with E-state index in [1.54, 1.807) is 12.1 Å². The van der Waals surface area contributed by atoms with Crippen LogP contribution in [0.2, 0.25) is 0 Å². The van der Waals surface area contributed by atoms with Crippen LogP contribution in [0.1, 0.15) is 31.2 Å². The van der Waals surface area contributed by atoms with Crippen molar-refractivity contribution in [2.75, 3.05) is 30.8 Å². The number of sulfonamides is 1. The van der Waals surface area contributed by atoms with Crippen LogP contribution in [0.5, 0.6) is 0 Å². The maximum absolute atomic E-state index is 14.1. The van der Waals surface area contributed by atoms with E-state index in [-0.39, 0.29) is 19.9 Å². The molecule has 0 spiro atoms. The highest BCUT2D eigenvalue weighted by Gasteiger charge is 2.34. The second kappa shape index (κ2) is 9.77. The summed E-state index contributed by atoms with van der Waals surface area (Å²) in [4.78, 5) is 10.5. The van der Waals surface area contributed by atoms with Gasteiger partial charge in [0.15, 0.2) is 0 Å². The van der Waals surface area contributed by atoms with E-state index in [1.165, 1.54) is 6.07 Å². The number of benzene rings is 1. The van der Waals surface area contributed by atoms with Crippen LogP contribution in [-0.4, -0.2) is 44.1 Å². The van der Waals surface area contributed by atoms with Crippen molar-refractivity contribution in [3.63, 3.8) is 0 Å². The Labute approximate surface area is 186 Å². The number of halogens is 1. The van der Waals surface area contributed by atoms with Crippen LogP contribution in [-0.2, 0) is 25.8 Å². The molecular weight excluding hydrogens is 464 g/mol. The lowest BCUT2D eigenvalue weighted by atomic mass is 10.2. The number of thiophene rings is 1. The number of anilines is 1. The van der Waals surface area contributed by atoms with E-state index in [0.29, 0.717) is 6.54 Å². The minimum absolute atomic E-state index is 0.109. The fraction of sp³-hybridized carbons (Fsp3) is 0.421. The summed E-state index contributed by atoms with van der Waals surface area (Å²) in [6, 6.07) is 7.72. The molecule has 2 aromatic rings. The van der Waals surface area contributed by atoms with Crippen LogP contribution in [0.3, 0.4) is 0 Å². The van der Waals surface area contributed by atoms with Crippen molar-refractivity contribution in [2.24, 2.45) is 0 Å². The molecule has 1 atom stereocenters. The molecule has 170 valence electrons. The van der Waals surface area contributed by atoms with Crippen molar-refractivity contribution in [3.8, 4) is 6.07 Å². The van der Waals surface area contributed by atoms with E-state index in [9.17, 15) is 22.3 Å². The van der Waals surface area contributed by atoms with Crippen molar-refractivity contribution in [1.82, 2.24) is 0 Å². The lowest BCUT2D eigenvalue weighted by Crippen LogP contribution is -2.46. The monoisotopic (exact) mass is 490 g/mol. The van der Waals surface area contributed by atoms with Crippen molar-refractivity contribution in [2.45, 2.75) is 31.5 Å². The van der Waals surface area contributed by atoms with E-state index in [0.717, 1.165) is 65.2 Å². The summed E-state index contributed by atoms with van der Waals surface area (Å²) in [5, 5.41) is 8.89. The molecule has 1 aromatic heterocycles. The number of nitrogens with zero attached hydrogens (tertiary/aromatic N) is 3. The van der Waals surface area contributed by atoms with Crippen molar-refractivity contribution in [1.29, 1.82) is 5.26 Å². The Kier molecular flexibility index (Phi) is 8.03. The normalized spacial score (nSPS) is 14.1. The van der Waals surface area contributed by atoms with E-state index < -0.39 is 23.4 Å². The van der Waals surface area contributed by atoms with Gasteiger partial charge >= 0.3 is 7.60 Å². The SMILES string of the molecule is CC[N+](CC)(CC)Cc1ccc(S(=O)(=O)N(OP(C)(=O)O)c2ccc(C#N)c(F)c2)s1. The molecule has 1 N–H and O–H groups in total. The van der Waals surface area contributed by atoms with Crippen LogP contribution in [0, 0.1) is 17.1 Å². The summed E-state index contributed by atoms with van der Waals surface area (Å²) in [5.74, 6) is -0.976. The Morgan fingerprint density at radius 2 is 1.84 bits per heavy atom. The summed E-state index contributed by atoms with van der Waals surface area (Å²) < 4.78 is 58.3. The van der Waals surface area contributed by atoms with Crippen molar-refractivity contribution in [3.05, 3.63) is 46.6 Å². The highest BCUT2D eigenvalue weighted by Crippen LogP contribution is 2.42. The van der Waals surface area contributed by atoms with Gasteiger partial charge in [0.2, 0.25) is 0 Å². The zero-order chi connectivity index (χ0) is 23.4. The van der Waals surface area contributed by atoms with Gasteiger partial charge in [-0.1, -0.05) is 0 Å². The molecule has 1 aromatic carbocycles. The van der Waals surface area contributed by atoms with E-state index in [4.69, 9.17) is 9.89 Å². The number of hydrogen-bond acceptors (Lipinski definition) is 6. The fourth-order valence-corrected chi connectivity index (χ4v) is 6.78. The van der Waals surface area contributed by atoms with Gasteiger partial charge in [-0.15, -0.1) is 15.8 Å². The molecule has 0 aliphatic heterocycles. The molecule has 1 heterocycles. The van der Waals surface area contributed by atoms with Gasteiger partial charge in [0.05, 0.1) is 35.8 Å². The standard InChI is InChI=1S/C19H25FN3O5PS2/c1-5-23(6-2,7-3)14-17-10-11-19(30-17)31(26,27)22(28-29(4,24)25)16-9-8-15(13-21)18(20)12-16/h8-12H,5-7,14H2,1-4H3/p+1. The minimum atomic E-state index is -4.44. The first-order valence-corrected chi connectivity index (χ1v) is 13.9. The van der Waals surface area contributed by atoms with Crippen LogP contribution >= 0.6 is 18.9 Å². The molecule has 1 unspecified atom stereocenters. The quantitative estimate of drug-likeness (QED) is 0.306. The molecule has 0 fully saturated rings. The van der Waals surface area contributed by atoms with Crippen LogP contribution in [0.4, 0.5) is 10.1 Å². The van der Waals surface area contributed by atoms with Crippen molar-refractivity contribution >= 4 is 34.6 Å². The molecular formula is C19H26FN3O5PS2+. The number of hydrogen-bond donors (Lipinski definition) is 1. The van der Waals surface area contributed by atoms with E-state index in [2.05, 4.69) is 20.8 Å². The lowest BCUT2D eigenvalue weighted by molar-refractivity contribution is -0.935. The van der Waals surface area contributed by atoms with Gasteiger partial charge in [-0.3, -0.25) is 4.57 Å². The van der Waals surface area contributed by atoms with Crippen LogP contribution in [0.25, 0.3) is 0 Å². The molecule has 0 amide bonds. The average Bonchev–Trinajstić information content (AvgIpc) is 3.19. The Morgan fingerprint density at radius 1 is 1.23 bits per heavy atom. The average molecular weight is 491 g/mol. The Bertz CT molecular complexity index is 1110. The zero-order valence-corrected chi connectivity index (χ0v) is 20.3. The Hall–Kier alpha value is -1.80. The maximum atomic E-state index is 14.1. The summed E-state index contributed by atoms with van der Waals surface area (Å²) in [6.07, 6.45) is 0. The molecule has 0 aliphatic rings. The van der Waals surface area contributed by atoms with E-state index in [1.807, 2.05) is 0 Å². The van der Waals surface area contributed by atoms with Crippen molar-refractivity contribution < 1.29 is 31.4 Å². The maximum Gasteiger partial charge on any atom is 0.347 e. The second-order valence-corrected chi connectivity index (χ2v) is 12.0. The Balaban J connectivity index is 2.50. The molecule has 0 bridgehead atoms. The molecule has 0 saturated carbocycles. The number of quaternary nitrogens is 1. The summed E-state index contributed by atoms with van der Waals surface area (Å²) in [5.41, 5.74) is -0.626. The number of nitriles is 1. The van der Waals surface area contributed by atoms with Gasteiger partial charge in [-0.2, -0.15) is 18.3 Å².